The zero-order valence-electron chi connectivity index (χ0n) is 20.2. The predicted octanol–water partition coefficient (Wildman–Crippen LogP) is 5.32. The third-order valence-corrected chi connectivity index (χ3v) is 6.78. The molecule has 0 saturated heterocycles. The van der Waals surface area contributed by atoms with Gasteiger partial charge in [0, 0.05) is 45.9 Å². The molecule has 0 unspecified atom stereocenters. The van der Waals surface area contributed by atoms with Crippen molar-refractivity contribution >= 4 is 68.9 Å². The second-order valence-corrected chi connectivity index (χ2v) is 10.0. The van der Waals surface area contributed by atoms with Gasteiger partial charge in [-0.25, -0.2) is 0 Å². The van der Waals surface area contributed by atoms with Crippen LogP contribution in [0.25, 0.3) is 21.7 Å². The summed E-state index contributed by atoms with van der Waals surface area (Å²) in [5.41, 5.74) is 3.55. The number of H-pyrrole nitrogens is 1. The van der Waals surface area contributed by atoms with Gasteiger partial charge in [-0.3, -0.25) is 9.59 Å². The SMILES string of the molecule is C[C@@H](Cl)[C@@H]1CN(C(=O)c2cc3cc(NC(=O)CN(C)C)ccc3[nH]2)c2cc(O)c3ccccc3c21.Cl. The molecule has 2 heterocycles. The number of phenolic OH excluding ortho intramolecular Hbond substituents is 1. The van der Waals surface area contributed by atoms with Crippen molar-refractivity contribution in [2.24, 2.45) is 0 Å². The maximum atomic E-state index is 13.7. The number of aromatic nitrogens is 1. The lowest BCUT2D eigenvalue weighted by molar-refractivity contribution is -0.116. The standard InChI is InChI=1S/C27H27ClN4O3.ClH/c1-15(28)20-13-32(23-12-24(33)18-6-4-5-7-19(18)26(20)23)27(35)22-11-16-10-17(8-9-21(16)30-22)29-25(34)14-31(2)3;/h4-12,15,20,30,33H,13-14H2,1-3H3,(H,29,34);1H/t15-,20+;/m1./s1. The number of phenols is 1. The summed E-state index contributed by atoms with van der Waals surface area (Å²) in [6, 6.07) is 16.6. The third-order valence-electron chi connectivity index (χ3n) is 6.48. The quantitative estimate of drug-likeness (QED) is 0.307. The van der Waals surface area contributed by atoms with Gasteiger partial charge in [-0.1, -0.05) is 24.3 Å². The number of hydrogen-bond donors (Lipinski definition) is 3. The number of hydrogen-bond acceptors (Lipinski definition) is 4. The maximum absolute atomic E-state index is 13.7. The topological polar surface area (TPSA) is 88.7 Å². The Balaban J connectivity index is 0.00000304. The van der Waals surface area contributed by atoms with Crippen molar-refractivity contribution < 1.29 is 14.7 Å². The molecule has 0 saturated carbocycles. The molecule has 0 fully saturated rings. The molecule has 1 aromatic heterocycles. The lowest BCUT2D eigenvalue weighted by Gasteiger charge is -2.18. The Bertz CT molecular complexity index is 1460. The van der Waals surface area contributed by atoms with E-state index >= 15 is 0 Å². The van der Waals surface area contributed by atoms with Crippen LogP contribution in [0.5, 0.6) is 5.75 Å². The first-order chi connectivity index (χ1) is 16.7. The van der Waals surface area contributed by atoms with Crippen molar-refractivity contribution in [2.45, 2.75) is 18.2 Å². The molecule has 2 atom stereocenters. The number of amides is 2. The number of nitrogens with zero attached hydrogens (tertiary/aromatic N) is 2. The van der Waals surface area contributed by atoms with Gasteiger partial charge in [0.25, 0.3) is 5.91 Å². The highest BCUT2D eigenvalue weighted by atomic mass is 35.5. The normalized spacial score (nSPS) is 15.7. The number of aromatic hydroxyl groups is 1. The Morgan fingerprint density at radius 1 is 1.17 bits per heavy atom. The number of alkyl halides is 1. The Kier molecular flexibility index (Phi) is 7.18. The fourth-order valence-electron chi connectivity index (χ4n) is 4.89. The highest BCUT2D eigenvalue weighted by Crippen LogP contribution is 2.47. The summed E-state index contributed by atoms with van der Waals surface area (Å²) in [5, 5.41) is 15.8. The Hall–Kier alpha value is -3.26. The lowest BCUT2D eigenvalue weighted by Crippen LogP contribution is -2.31. The Labute approximate surface area is 220 Å². The van der Waals surface area contributed by atoms with Crippen molar-refractivity contribution in [3.63, 3.8) is 0 Å². The van der Waals surface area contributed by atoms with E-state index in [2.05, 4.69) is 10.3 Å². The second kappa shape index (κ2) is 10.0. The molecule has 3 N–H and O–H groups in total. The van der Waals surface area contributed by atoms with E-state index in [0.29, 0.717) is 23.6 Å². The molecule has 2 amide bonds. The zero-order chi connectivity index (χ0) is 24.9. The first kappa shape index (κ1) is 25.8. The van der Waals surface area contributed by atoms with Gasteiger partial charge in [0.15, 0.2) is 0 Å². The van der Waals surface area contributed by atoms with E-state index in [4.69, 9.17) is 11.6 Å². The minimum atomic E-state index is -0.199. The molecular formula is C27H28Cl2N4O3. The number of fused-ring (bicyclic) bond motifs is 4. The van der Waals surface area contributed by atoms with Crippen LogP contribution in [0.4, 0.5) is 11.4 Å². The van der Waals surface area contributed by atoms with E-state index in [1.165, 1.54) is 0 Å². The average Bonchev–Trinajstić information content (AvgIpc) is 3.40. The molecule has 3 aromatic carbocycles. The van der Waals surface area contributed by atoms with Crippen molar-refractivity contribution in [2.75, 3.05) is 37.4 Å². The average molecular weight is 527 g/mol. The van der Waals surface area contributed by atoms with Gasteiger partial charge in [-0.05, 0) is 56.2 Å². The number of aromatic amines is 1. The number of likely N-dealkylation sites (N-methyl/N-ethyl adjacent to an activating group) is 1. The fraction of sp³-hybridized carbons (Fsp3) is 0.259. The summed E-state index contributed by atoms with van der Waals surface area (Å²) >= 11 is 6.58. The number of carbonyl (C=O) groups excluding carboxylic acids is 2. The molecule has 0 bridgehead atoms. The molecule has 7 nitrogen and oxygen atoms in total. The van der Waals surface area contributed by atoms with E-state index in [1.807, 2.05) is 57.4 Å². The molecule has 1 aliphatic rings. The summed E-state index contributed by atoms with van der Waals surface area (Å²) in [5.74, 6) is -0.239. The summed E-state index contributed by atoms with van der Waals surface area (Å²) in [4.78, 5) is 32.5. The van der Waals surface area contributed by atoms with E-state index in [-0.39, 0.29) is 47.8 Å². The number of rotatable bonds is 5. The van der Waals surface area contributed by atoms with E-state index in [9.17, 15) is 14.7 Å². The van der Waals surface area contributed by atoms with Crippen LogP contribution >= 0.6 is 24.0 Å². The highest BCUT2D eigenvalue weighted by Gasteiger charge is 2.37. The van der Waals surface area contributed by atoms with Crippen molar-refractivity contribution in [1.29, 1.82) is 0 Å². The van der Waals surface area contributed by atoms with Crippen LogP contribution in [0.15, 0.2) is 54.6 Å². The molecule has 4 aromatic rings. The number of carbonyl (C=O) groups is 2. The monoisotopic (exact) mass is 526 g/mol. The molecule has 0 spiro atoms. The summed E-state index contributed by atoms with van der Waals surface area (Å²) in [6.45, 7) is 2.64. The number of halogens is 2. The Morgan fingerprint density at radius 2 is 1.89 bits per heavy atom. The van der Waals surface area contributed by atoms with Gasteiger partial charge in [0.1, 0.15) is 11.4 Å². The van der Waals surface area contributed by atoms with Crippen LogP contribution < -0.4 is 10.2 Å². The van der Waals surface area contributed by atoms with Crippen LogP contribution in [-0.2, 0) is 4.79 Å². The third kappa shape index (κ3) is 4.62. The van der Waals surface area contributed by atoms with Gasteiger partial charge in [0.2, 0.25) is 5.91 Å². The van der Waals surface area contributed by atoms with Gasteiger partial charge in [-0.2, -0.15) is 0 Å². The first-order valence-corrected chi connectivity index (χ1v) is 11.9. The fourth-order valence-corrected chi connectivity index (χ4v) is 5.10. The molecule has 0 radical (unpaired) electrons. The first-order valence-electron chi connectivity index (χ1n) is 11.5. The minimum absolute atomic E-state index is 0. The number of nitrogens with one attached hydrogen (secondary N) is 2. The van der Waals surface area contributed by atoms with Crippen LogP contribution in [0, 0.1) is 0 Å². The summed E-state index contributed by atoms with van der Waals surface area (Å²) in [7, 11) is 3.67. The largest absolute Gasteiger partial charge is 0.507 e. The highest BCUT2D eigenvalue weighted by molar-refractivity contribution is 6.22. The minimum Gasteiger partial charge on any atom is -0.507 e. The van der Waals surface area contributed by atoms with Crippen molar-refractivity contribution in [3.8, 4) is 5.75 Å². The molecule has 1 aliphatic heterocycles. The van der Waals surface area contributed by atoms with E-state index in [1.54, 1.807) is 28.0 Å². The molecular weight excluding hydrogens is 499 g/mol. The van der Waals surface area contributed by atoms with Crippen LogP contribution in [-0.4, -0.2) is 59.4 Å². The van der Waals surface area contributed by atoms with E-state index in [0.717, 1.165) is 27.2 Å². The van der Waals surface area contributed by atoms with Gasteiger partial charge in [0.05, 0.1) is 12.2 Å². The molecule has 188 valence electrons. The number of anilines is 2. The van der Waals surface area contributed by atoms with Gasteiger partial charge in [-0.15, -0.1) is 24.0 Å². The predicted molar refractivity (Wildman–Crippen MR) is 148 cm³/mol. The Morgan fingerprint density at radius 3 is 2.58 bits per heavy atom. The number of benzene rings is 3. The maximum Gasteiger partial charge on any atom is 0.274 e. The summed E-state index contributed by atoms with van der Waals surface area (Å²) < 4.78 is 0. The van der Waals surface area contributed by atoms with Crippen LogP contribution in [0.3, 0.4) is 0 Å². The molecule has 9 heteroatoms. The summed E-state index contributed by atoms with van der Waals surface area (Å²) in [6.07, 6.45) is 0. The van der Waals surface area contributed by atoms with Crippen LogP contribution in [0.1, 0.15) is 28.9 Å². The van der Waals surface area contributed by atoms with Crippen molar-refractivity contribution in [1.82, 2.24) is 9.88 Å². The van der Waals surface area contributed by atoms with Crippen LogP contribution in [0.2, 0.25) is 0 Å². The smallest absolute Gasteiger partial charge is 0.274 e. The van der Waals surface area contributed by atoms with Crippen molar-refractivity contribution in [3.05, 3.63) is 65.9 Å². The molecule has 0 aliphatic carbocycles. The van der Waals surface area contributed by atoms with E-state index < -0.39 is 0 Å². The van der Waals surface area contributed by atoms with Gasteiger partial charge < -0.3 is 25.2 Å². The lowest BCUT2D eigenvalue weighted by atomic mass is 9.92. The molecule has 36 heavy (non-hydrogen) atoms. The molecule has 5 rings (SSSR count). The van der Waals surface area contributed by atoms with Gasteiger partial charge >= 0.3 is 0 Å². The zero-order valence-corrected chi connectivity index (χ0v) is 21.8. The second-order valence-electron chi connectivity index (χ2n) is 9.34.